The molecule has 0 saturated carbocycles. The van der Waals surface area contributed by atoms with Crippen molar-refractivity contribution in [2.45, 2.75) is 27.2 Å². The molecule has 3 rings (SSSR count). The summed E-state index contributed by atoms with van der Waals surface area (Å²) in [6.45, 7) is 6.43. The molecule has 33 heavy (non-hydrogen) atoms. The molecule has 0 aliphatic heterocycles. The van der Waals surface area contributed by atoms with Crippen molar-refractivity contribution in [3.05, 3.63) is 94.3 Å². The second-order valence-corrected chi connectivity index (χ2v) is 7.59. The second-order valence-electron chi connectivity index (χ2n) is 7.59. The van der Waals surface area contributed by atoms with Crippen LogP contribution in [0.15, 0.2) is 66.2 Å². The molecule has 1 N–H and O–H groups in total. The van der Waals surface area contributed by atoms with E-state index in [1.165, 1.54) is 0 Å². The van der Waals surface area contributed by atoms with E-state index in [1.807, 2.05) is 73.0 Å². The van der Waals surface area contributed by atoms with E-state index in [9.17, 15) is 14.9 Å². The Morgan fingerprint density at radius 3 is 2.42 bits per heavy atom. The number of aryl methyl sites for hydroxylation is 1. The Bertz CT molecular complexity index is 1200. The SMILES string of the molecule is CCOC(=O)c1ccc(-n2c(C)cc(/C=C(\C#N)C(=O)NCCc3ccccc3)c2C)cc1. The quantitative estimate of drug-likeness (QED) is 0.316. The van der Waals surface area contributed by atoms with Gasteiger partial charge in [0.05, 0.1) is 12.2 Å². The van der Waals surface area contributed by atoms with Gasteiger partial charge in [0.25, 0.3) is 5.91 Å². The molecule has 1 amide bonds. The smallest absolute Gasteiger partial charge is 0.338 e. The summed E-state index contributed by atoms with van der Waals surface area (Å²) < 4.78 is 7.05. The average Bonchev–Trinajstić information content (AvgIpc) is 3.10. The van der Waals surface area contributed by atoms with Crippen LogP contribution in [0.25, 0.3) is 11.8 Å². The number of benzene rings is 2. The fourth-order valence-corrected chi connectivity index (χ4v) is 3.66. The molecule has 0 aliphatic rings. The Kier molecular flexibility index (Phi) is 7.82. The molecule has 6 heteroatoms. The van der Waals surface area contributed by atoms with Gasteiger partial charge in [-0.25, -0.2) is 4.79 Å². The number of ether oxygens (including phenoxy) is 1. The highest BCUT2D eigenvalue weighted by Crippen LogP contribution is 2.23. The standard InChI is InChI=1S/C27H27N3O3/c1-4-33-27(32)22-10-12-25(13-11-22)30-19(2)16-23(20(30)3)17-24(18-28)26(31)29-15-14-21-8-6-5-7-9-21/h5-13,16-17H,4,14-15H2,1-3H3,(H,29,31)/b24-17+. The van der Waals surface area contributed by atoms with Crippen LogP contribution >= 0.6 is 0 Å². The zero-order valence-corrected chi connectivity index (χ0v) is 19.1. The van der Waals surface area contributed by atoms with E-state index >= 15 is 0 Å². The molecule has 2 aromatic carbocycles. The number of aromatic nitrogens is 1. The van der Waals surface area contributed by atoms with E-state index in [4.69, 9.17) is 4.74 Å². The normalized spacial score (nSPS) is 11.0. The van der Waals surface area contributed by atoms with Crippen molar-refractivity contribution in [1.29, 1.82) is 5.26 Å². The maximum absolute atomic E-state index is 12.5. The first-order chi connectivity index (χ1) is 15.9. The summed E-state index contributed by atoms with van der Waals surface area (Å²) in [5, 5.41) is 12.4. The maximum Gasteiger partial charge on any atom is 0.338 e. The summed E-state index contributed by atoms with van der Waals surface area (Å²) in [4.78, 5) is 24.4. The van der Waals surface area contributed by atoms with Gasteiger partial charge in [-0.05, 0) is 74.7 Å². The van der Waals surface area contributed by atoms with Gasteiger partial charge in [-0.1, -0.05) is 30.3 Å². The molecule has 1 aromatic heterocycles. The molecule has 0 radical (unpaired) electrons. The fourth-order valence-electron chi connectivity index (χ4n) is 3.66. The lowest BCUT2D eigenvalue weighted by atomic mass is 10.1. The molecule has 1 heterocycles. The highest BCUT2D eigenvalue weighted by molar-refractivity contribution is 6.01. The third-order valence-electron chi connectivity index (χ3n) is 5.31. The Labute approximate surface area is 194 Å². The van der Waals surface area contributed by atoms with Crippen LogP contribution in [0.5, 0.6) is 0 Å². The minimum Gasteiger partial charge on any atom is -0.462 e. The van der Waals surface area contributed by atoms with Crippen molar-refractivity contribution in [3.8, 4) is 11.8 Å². The summed E-state index contributed by atoms with van der Waals surface area (Å²) >= 11 is 0. The predicted octanol–water partition coefficient (Wildman–Crippen LogP) is 4.54. The van der Waals surface area contributed by atoms with Gasteiger partial charge in [-0.15, -0.1) is 0 Å². The van der Waals surface area contributed by atoms with Gasteiger partial charge < -0.3 is 14.6 Å². The minimum atomic E-state index is -0.392. The number of rotatable bonds is 8. The van der Waals surface area contributed by atoms with Crippen LogP contribution in [0.4, 0.5) is 0 Å². The van der Waals surface area contributed by atoms with Crippen molar-refractivity contribution >= 4 is 18.0 Å². The molecule has 6 nitrogen and oxygen atoms in total. The second kappa shape index (κ2) is 11.0. The minimum absolute atomic E-state index is 0.0565. The molecule has 0 bridgehead atoms. The number of carbonyl (C=O) groups is 2. The van der Waals surface area contributed by atoms with Crippen molar-refractivity contribution in [2.75, 3.05) is 13.2 Å². The highest BCUT2D eigenvalue weighted by Gasteiger charge is 2.14. The topological polar surface area (TPSA) is 84.1 Å². The third kappa shape index (κ3) is 5.78. The summed E-state index contributed by atoms with van der Waals surface area (Å²) in [6, 6.07) is 21.0. The van der Waals surface area contributed by atoms with E-state index in [1.54, 1.807) is 25.1 Å². The number of hydrogen-bond acceptors (Lipinski definition) is 4. The number of hydrogen-bond donors (Lipinski definition) is 1. The maximum atomic E-state index is 12.5. The van der Waals surface area contributed by atoms with Crippen LogP contribution in [0.3, 0.4) is 0 Å². The van der Waals surface area contributed by atoms with E-state index in [2.05, 4.69) is 5.32 Å². The highest BCUT2D eigenvalue weighted by atomic mass is 16.5. The average molecular weight is 442 g/mol. The van der Waals surface area contributed by atoms with Gasteiger partial charge in [0.15, 0.2) is 0 Å². The lowest BCUT2D eigenvalue weighted by Crippen LogP contribution is -2.26. The summed E-state index contributed by atoms with van der Waals surface area (Å²) in [7, 11) is 0. The van der Waals surface area contributed by atoms with E-state index < -0.39 is 5.91 Å². The largest absolute Gasteiger partial charge is 0.462 e. The van der Waals surface area contributed by atoms with Crippen LogP contribution < -0.4 is 5.32 Å². The predicted molar refractivity (Wildman–Crippen MR) is 128 cm³/mol. The first-order valence-corrected chi connectivity index (χ1v) is 10.8. The van der Waals surface area contributed by atoms with Crippen molar-refractivity contribution in [3.63, 3.8) is 0 Å². The summed E-state index contributed by atoms with van der Waals surface area (Å²) in [5.41, 5.74) is 5.17. The summed E-state index contributed by atoms with van der Waals surface area (Å²) in [5.74, 6) is -0.748. The van der Waals surface area contributed by atoms with Gasteiger partial charge in [-0.3, -0.25) is 4.79 Å². The Morgan fingerprint density at radius 1 is 1.09 bits per heavy atom. The molecule has 0 unspecified atom stereocenters. The van der Waals surface area contributed by atoms with Gasteiger partial charge in [0, 0.05) is 23.6 Å². The zero-order chi connectivity index (χ0) is 23.8. The van der Waals surface area contributed by atoms with Gasteiger partial charge >= 0.3 is 5.97 Å². The Morgan fingerprint density at radius 2 is 1.79 bits per heavy atom. The fraction of sp³-hybridized carbons (Fsp3) is 0.222. The molecule has 168 valence electrons. The third-order valence-corrected chi connectivity index (χ3v) is 5.31. The lowest BCUT2D eigenvalue weighted by molar-refractivity contribution is -0.117. The van der Waals surface area contributed by atoms with Crippen LogP contribution in [0.2, 0.25) is 0 Å². The Balaban J connectivity index is 1.76. The molecule has 3 aromatic rings. The van der Waals surface area contributed by atoms with E-state index in [-0.39, 0.29) is 11.5 Å². The van der Waals surface area contributed by atoms with Gasteiger partial charge in [0.2, 0.25) is 0 Å². The molecule has 0 fully saturated rings. The Hall–Kier alpha value is -4.11. The number of nitrogens with one attached hydrogen (secondary N) is 1. The van der Waals surface area contributed by atoms with Crippen LogP contribution in [-0.2, 0) is 16.0 Å². The monoisotopic (exact) mass is 441 g/mol. The van der Waals surface area contributed by atoms with E-state index in [0.717, 1.165) is 28.2 Å². The molecule has 0 saturated heterocycles. The number of nitrogens with zero attached hydrogens (tertiary/aromatic N) is 2. The molecular formula is C27H27N3O3. The number of carbonyl (C=O) groups excluding carboxylic acids is 2. The lowest BCUT2D eigenvalue weighted by Gasteiger charge is -2.10. The van der Waals surface area contributed by atoms with Gasteiger partial charge in [0.1, 0.15) is 11.6 Å². The zero-order valence-electron chi connectivity index (χ0n) is 19.1. The molecular weight excluding hydrogens is 414 g/mol. The molecule has 0 spiro atoms. The van der Waals surface area contributed by atoms with Crippen molar-refractivity contribution < 1.29 is 14.3 Å². The molecule has 0 atom stereocenters. The first-order valence-electron chi connectivity index (χ1n) is 10.8. The molecule has 0 aliphatic carbocycles. The number of amides is 1. The summed E-state index contributed by atoms with van der Waals surface area (Å²) in [6.07, 6.45) is 2.31. The van der Waals surface area contributed by atoms with E-state index in [0.29, 0.717) is 25.1 Å². The van der Waals surface area contributed by atoms with Gasteiger partial charge in [-0.2, -0.15) is 5.26 Å². The van der Waals surface area contributed by atoms with Crippen molar-refractivity contribution in [2.24, 2.45) is 0 Å². The first kappa shape index (κ1) is 23.6. The van der Waals surface area contributed by atoms with Crippen LogP contribution in [0, 0.1) is 25.2 Å². The van der Waals surface area contributed by atoms with Crippen molar-refractivity contribution in [1.82, 2.24) is 9.88 Å². The van der Waals surface area contributed by atoms with Crippen LogP contribution in [-0.4, -0.2) is 29.6 Å². The number of nitriles is 1. The van der Waals surface area contributed by atoms with Crippen LogP contribution in [0.1, 0.15) is 39.8 Å². The number of esters is 1.